The van der Waals surface area contributed by atoms with E-state index < -0.39 is 41.5 Å². The molecule has 2 heterocycles. The standard InChI is InChI=1S/C26H25ClFN5O5/c1-15(23(34)35)16(2)33-25(36)31-24(32(26(33)37)14-17-6-8-18(27)9-7-17)29-19-10-12-20(13-11-19)38-22-5-3-4-21(28)30-22/h3-4,6-13,15-16,22H,5,14H2,1-2H3,(H,34,35)(H,29,31,36)/t15-,16+,22?/m1/s1. The smallest absolute Gasteiger partial charge is 0.335 e. The van der Waals surface area contributed by atoms with Gasteiger partial charge < -0.3 is 9.84 Å². The molecule has 0 aliphatic carbocycles. The predicted molar refractivity (Wildman–Crippen MR) is 140 cm³/mol. The number of halogens is 2. The summed E-state index contributed by atoms with van der Waals surface area (Å²) in [6.07, 6.45) is 2.66. The first-order valence-electron chi connectivity index (χ1n) is 11.8. The molecule has 12 heteroatoms. The minimum absolute atomic E-state index is 0.0286. The number of H-pyrrole nitrogens is 1. The van der Waals surface area contributed by atoms with Gasteiger partial charge in [0.25, 0.3) is 0 Å². The Morgan fingerprint density at radius 2 is 1.89 bits per heavy atom. The van der Waals surface area contributed by atoms with Crippen LogP contribution in [-0.4, -0.2) is 37.4 Å². The number of nitrogens with one attached hydrogen (secondary N) is 1. The van der Waals surface area contributed by atoms with Gasteiger partial charge in [0.05, 0.1) is 24.2 Å². The van der Waals surface area contributed by atoms with Gasteiger partial charge in [-0.2, -0.15) is 4.39 Å². The predicted octanol–water partition coefficient (Wildman–Crippen LogP) is 3.59. The highest BCUT2D eigenvalue weighted by Crippen LogP contribution is 2.21. The van der Waals surface area contributed by atoms with Crippen LogP contribution in [0.25, 0.3) is 0 Å². The number of dihydropyridines is 1. The summed E-state index contributed by atoms with van der Waals surface area (Å²) < 4.78 is 21.2. The van der Waals surface area contributed by atoms with E-state index in [0.717, 1.165) is 4.57 Å². The average molecular weight is 542 g/mol. The number of ether oxygens (including phenoxy) is 1. The minimum Gasteiger partial charge on any atom is -0.481 e. The lowest BCUT2D eigenvalue weighted by molar-refractivity contribution is -0.142. The van der Waals surface area contributed by atoms with Crippen LogP contribution in [0.2, 0.25) is 5.02 Å². The van der Waals surface area contributed by atoms with Crippen LogP contribution in [0.5, 0.6) is 5.75 Å². The van der Waals surface area contributed by atoms with Crippen molar-refractivity contribution in [1.29, 1.82) is 0 Å². The number of carboxylic acid groups (broad SMARTS) is 1. The summed E-state index contributed by atoms with van der Waals surface area (Å²) in [6.45, 7) is 2.96. The quantitative estimate of drug-likeness (QED) is 0.450. The SMILES string of the molecule is C[C@@H](C(=O)O)[C@H](C)n1c(=O)[nH]/c(=N\c2ccc(OC3CC=CC(F)=N3)cc2)n(Cc2ccc(Cl)cc2)c1=O. The second-order valence-electron chi connectivity index (χ2n) is 8.75. The number of carbonyl (C=O) groups is 1. The fourth-order valence-corrected chi connectivity index (χ4v) is 3.92. The molecule has 4 rings (SSSR count). The molecule has 0 saturated heterocycles. The number of benzene rings is 2. The molecule has 3 aromatic rings. The number of rotatable bonds is 8. The highest BCUT2D eigenvalue weighted by Gasteiger charge is 2.25. The molecule has 2 N–H and O–H groups in total. The number of aromatic amines is 1. The molecule has 2 aromatic carbocycles. The zero-order chi connectivity index (χ0) is 27.4. The van der Waals surface area contributed by atoms with Crippen molar-refractivity contribution in [2.45, 2.75) is 39.1 Å². The maximum absolute atomic E-state index is 13.5. The fourth-order valence-electron chi connectivity index (χ4n) is 3.79. The van der Waals surface area contributed by atoms with Gasteiger partial charge in [0.2, 0.25) is 11.6 Å². The highest BCUT2D eigenvalue weighted by molar-refractivity contribution is 6.30. The van der Waals surface area contributed by atoms with Gasteiger partial charge in [0.1, 0.15) is 5.75 Å². The van der Waals surface area contributed by atoms with Crippen LogP contribution in [0.4, 0.5) is 10.1 Å². The third-order valence-corrected chi connectivity index (χ3v) is 6.36. The van der Waals surface area contributed by atoms with Gasteiger partial charge in [0, 0.05) is 11.4 Å². The lowest BCUT2D eigenvalue weighted by Crippen LogP contribution is -2.52. The van der Waals surface area contributed by atoms with Crippen molar-refractivity contribution >= 4 is 29.2 Å². The number of aromatic nitrogens is 3. The van der Waals surface area contributed by atoms with Gasteiger partial charge in [-0.05, 0) is 61.9 Å². The van der Waals surface area contributed by atoms with E-state index in [2.05, 4.69) is 15.0 Å². The van der Waals surface area contributed by atoms with Crippen LogP contribution < -0.4 is 21.7 Å². The Bertz CT molecular complexity index is 1570. The Kier molecular flexibility index (Phi) is 8.06. The molecule has 1 unspecified atom stereocenters. The number of aliphatic imine (C=N–C) groups is 1. The second kappa shape index (κ2) is 11.4. The molecule has 38 heavy (non-hydrogen) atoms. The Hall–Kier alpha value is -4.25. The molecule has 1 aliphatic rings. The Morgan fingerprint density at radius 1 is 1.21 bits per heavy atom. The van der Waals surface area contributed by atoms with Crippen molar-refractivity contribution in [2.24, 2.45) is 15.9 Å². The molecule has 10 nitrogen and oxygen atoms in total. The molecule has 0 amide bonds. The van der Waals surface area contributed by atoms with E-state index in [1.807, 2.05) is 0 Å². The summed E-state index contributed by atoms with van der Waals surface area (Å²) in [4.78, 5) is 48.8. The molecule has 3 atom stereocenters. The number of allylic oxidation sites excluding steroid dienone is 1. The maximum Gasteiger partial charge on any atom is 0.335 e. The number of hydrogen-bond acceptors (Lipinski definition) is 6. The number of carboxylic acids is 1. The topological polar surface area (TPSA) is 131 Å². The molecule has 198 valence electrons. The van der Waals surface area contributed by atoms with Gasteiger partial charge in [-0.1, -0.05) is 29.8 Å². The van der Waals surface area contributed by atoms with Crippen LogP contribution in [-0.2, 0) is 11.3 Å². The Labute approximate surface area is 221 Å². The zero-order valence-corrected chi connectivity index (χ0v) is 21.3. The second-order valence-corrected chi connectivity index (χ2v) is 9.19. The summed E-state index contributed by atoms with van der Waals surface area (Å²) in [7, 11) is 0. The molecule has 0 saturated carbocycles. The summed E-state index contributed by atoms with van der Waals surface area (Å²) in [5.74, 6) is -2.30. The zero-order valence-electron chi connectivity index (χ0n) is 20.5. The van der Waals surface area contributed by atoms with Crippen molar-refractivity contribution in [2.75, 3.05) is 0 Å². The minimum atomic E-state index is -1.14. The first-order valence-corrected chi connectivity index (χ1v) is 12.1. The Morgan fingerprint density at radius 3 is 2.53 bits per heavy atom. The van der Waals surface area contributed by atoms with Crippen molar-refractivity contribution in [3.8, 4) is 5.75 Å². The fraction of sp³-hybridized carbons (Fsp3) is 0.269. The third kappa shape index (κ3) is 6.17. The van der Waals surface area contributed by atoms with Crippen LogP contribution in [0.15, 0.2) is 80.3 Å². The van der Waals surface area contributed by atoms with Crippen molar-refractivity contribution < 1.29 is 19.0 Å². The van der Waals surface area contributed by atoms with Gasteiger partial charge >= 0.3 is 17.3 Å². The molecule has 0 fully saturated rings. The highest BCUT2D eigenvalue weighted by atomic mass is 35.5. The van der Waals surface area contributed by atoms with Gasteiger partial charge in [-0.3, -0.25) is 14.3 Å². The lowest BCUT2D eigenvalue weighted by Gasteiger charge is -2.19. The van der Waals surface area contributed by atoms with Crippen molar-refractivity contribution in [3.63, 3.8) is 0 Å². The summed E-state index contributed by atoms with van der Waals surface area (Å²) >= 11 is 5.98. The summed E-state index contributed by atoms with van der Waals surface area (Å²) in [6, 6.07) is 12.3. The largest absolute Gasteiger partial charge is 0.481 e. The van der Waals surface area contributed by atoms with Gasteiger partial charge in [-0.25, -0.2) is 24.1 Å². The van der Waals surface area contributed by atoms with E-state index in [-0.39, 0.29) is 12.2 Å². The monoisotopic (exact) mass is 541 g/mol. The van der Waals surface area contributed by atoms with Crippen molar-refractivity contribution in [1.82, 2.24) is 14.1 Å². The van der Waals surface area contributed by atoms with E-state index in [0.29, 0.717) is 28.4 Å². The van der Waals surface area contributed by atoms with Crippen LogP contribution in [0.3, 0.4) is 0 Å². The first-order chi connectivity index (χ1) is 18.1. The normalized spacial score (nSPS) is 17.1. The third-order valence-electron chi connectivity index (χ3n) is 6.11. The molecule has 1 aromatic heterocycles. The maximum atomic E-state index is 13.5. The van der Waals surface area contributed by atoms with Crippen LogP contribution >= 0.6 is 11.6 Å². The molecule has 0 bridgehead atoms. The van der Waals surface area contributed by atoms with E-state index in [4.69, 9.17) is 16.3 Å². The molecular formula is C26H25ClFN5O5. The van der Waals surface area contributed by atoms with E-state index in [9.17, 15) is 23.9 Å². The Balaban J connectivity index is 1.74. The van der Waals surface area contributed by atoms with Crippen molar-refractivity contribution in [3.05, 3.63) is 97.9 Å². The molecular weight excluding hydrogens is 517 g/mol. The number of nitrogens with zero attached hydrogens (tertiary/aromatic N) is 4. The lowest BCUT2D eigenvalue weighted by atomic mass is 10.0. The average Bonchev–Trinajstić information content (AvgIpc) is 2.88. The van der Waals surface area contributed by atoms with Crippen LogP contribution in [0, 0.1) is 5.92 Å². The molecule has 1 aliphatic heterocycles. The van der Waals surface area contributed by atoms with E-state index >= 15 is 0 Å². The van der Waals surface area contributed by atoms with Gasteiger partial charge in [-0.15, -0.1) is 0 Å². The molecule has 0 radical (unpaired) electrons. The number of hydrogen-bond donors (Lipinski definition) is 2. The van der Waals surface area contributed by atoms with Crippen LogP contribution in [0.1, 0.15) is 31.9 Å². The number of aliphatic carboxylic acids is 1. The van der Waals surface area contributed by atoms with E-state index in [1.165, 1.54) is 24.5 Å². The first kappa shape index (κ1) is 26.8. The molecule has 0 spiro atoms. The van der Waals surface area contributed by atoms with Gasteiger partial charge in [0.15, 0.2) is 6.23 Å². The van der Waals surface area contributed by atoms with E-state index in [1.54, 1.807) is 54.6 Å². The summed E-state index contributed by atoms with van der Waals surface area (Å²) in [5, 5.41) is 9.93. The summed E-state index contributed by atoms with van der Waals surface area (Å²) in [5.41, 5.74) is -0.414.